The van der Waals surface area contributed by atoms with Crippen LogP contribution in [0.2, 0.25) is 0 Å². The van der Waals surface area contributed by atoms with Crippen molar-refractivity contribution >= 4 is 6.09 Å². The van der Waals surface area contributed by atoms with Crippen LogP contribution in [0.3, 0.4) is 0 Å². The van der Waals surface area contributed by atoms with Gasteiger partial charge in [0.2, 0.25) is 0 Å². The summed E-state index contributed by atoms with van der Waals surface area (Å²) in [5, 5.41) is 9.67. The number of benzene rings is 1. The van der Waals surface area contributed by atoms with Crippen LogP contribution in [0.15, 0.2) is 24.3 Å². The Kier molecular flexibility index (Phi) is 4.47. The first kappa shape index (κ1) is 17.1. The highest BCUT2D eigenvalue weighted by atomic mass is 16.6. The standard InChI is InChI=1S/C19H27NO4/c1-18(2,3)24-17(22)20-11-5-9-19(13-20)10-8-16(23-19)14-6-4-7-15(21)12-14/h4,6-7,12,16,21H,5,8-11,13H2,1-3H3. The number of phenolic OH excluding ortho intramolecular Hbond substituents is 1. The molecule has 2 aliphatic rings. The summed E-state index contributed by atoms with van der Waals surface area (Å²) in [5.41, 5.74) is 0.231. The third-order valence-corrected chi connectivity index (χ3v) is 4.69. The zero-order valence-corrected chi connectivity index (χ0v) is 14.7. The summed E-state index contributed by atoms with van der Waals surface area (Å²) in [6.07, 6.45) is 3.44. The molecule has 2 fully saturated rings. The maximum atomic E-state index is 12.4. The molecule has 0 saturated carbocycles. The van der Waals surface area contributed by atoms with E-state index in [1.165, 1.54) is 0 Å². The van der Waals surface area contributed by atoms with Crippen LogP contribution in [0.25, 0.3) is 0 Å². The second-order valence-corrected chi connectivity index (χ2v) is 7.93. The van der Waals surface area contributed by atoms with Crippen LogP contribution in [-0.2, 0) is 9.47 Å². The van der Waals surface area contributed by atoms with Gasteiger partial charge in [0.05, 0.1) is 18.2 Å². The number of nitrogens with zero attached hydrogens (tertiary/aromatic N) is 1. The Bertz CT molecular complexity index is 610. The lowest BCUT2D eigenvalue weighted by Crippen LogP contribution is -2.51. The molecule has 132 valence electrons. The molecule has 2 heterocycles. The van der Waals surface area contributed by atoms with Crippen molar-refractivity contribution in [1.82, 2.24) is 4.90 Å². The molecule has 24 heavy (non-hydrogen) atoms. The largest absolute Gasteiger partial charge is 0.508 e. The minimum atomic E-state index is -0.484. The van der Waals surface area contributed by atoms with E-state index in [0.29, 0.717) is 6.54 Å². The summed E-state index contributed by atoms with van der Waals surface area (Å²) < 4.78 is 11.9. The Morgan fingerprint density at radius 3 is 2.88 bits per heavy atom. The number of hydrogen-bond donors (Lipinski definition) is 1. The lowest BCUT2D eigenvalue weighted by Gasteiger charge is -2.40. The third kappa shape index (κ3) is 3.83. The van der Waals surface area contributed by atoms with Gasteiger partial charge >= 0.3 is 6.09 Å². The van der Waals surface area contributed by atoms with Gasteiger partial charge in [0.25, 0.3) is 0 Å². The van der Waals surface area contributed by atoms with E-state index in [1.807, 2.05) is 32.9 Å². The molecule has 0 radical (unpaired) electrons. The molecule has 0 aromatic heterocycles. The average Bonchev–Trinajstić information content (AvgIpc) is 2.89. The number of carbonyl (C=O) groups excluding carboxylic acids is 1. The van der Waals surface area contributed by atoms with Crippen molar-refractivity contribution in [3.05, 3.63) is 29.8 Å². The lowest BCUT2D eigenvalue weighted by atomic mass is 9.90. The number of carbonyl (C=O) groups is 1. The summed E-state index contributed by atoms with van der Waals surface area (Å²) >= 11 is 0. The van der Waals surface area contributed by atoms with Crippen molar-refractivity contribution in [2.24, 2.45) is 0 Å². The molecule has 5 nitrogen and oxygen atoms in total. The molecule has 1 N–H and O–H groups in total. The molecule has 1 amide bonds. The van der Waals surface area contributed by atoms with Gasteiger partial charge < -0.3 is 19.5 Å². The van der Waals surface area contributed by atoms with Crippen molar-refractivity contribution in [3.8, 4) is 5.75 Å². The van der Waals surface area contributed by atoms with Crippen LogP contribution in [0.5, 0.6) is 5.75 Å². The van der Waals surface area contributed by atoms with E-state index in [4.69, 9.17) is 9.47 Å². The number of rotatable bonds is 1. The topological polar surface area (TPSA) is 59.0 Å². The number of amides is 1. The van der Waals surface area contributed by atoms with E-state index in [9.17, 15) is 9.90 Å². The van der Waals surface area contributed by atoms with Gasteiger partial charge in [-0.3, -0.25) is 0 Å². The number of piperidine rings is 1. The van der Waals surface area contributed by atoms with E-state index in [0.717, 1.165) is 37.8 Å². The fourth-order valence-electron chi connectivity index (χ4n) is 3.65. The highest BCUT2D eigenvalue weighted by Crippen LogP contribution is 2.44. The molecular weight excluding hydrogens is 306 g/mol. The Labute approximate surface area is 143 Å². The van der Waals surface area contributed by atoms with E-state index >= 15 is 0 Å². The smallest absolute Gasteiger partial charge is 0.410 e. The number of hydrogen-bond acceptors (Lipinski definition) is 4. The van der Waals surface area contributed by atoms with Gasteiger partial charge in [0, 0.05) is 6.54 Å². The zero-order valence-electron chi connectivity index (χ0n) is 14.7. The second-order valence-electron chi connectivity index (χ2n) is 7.93. The Hall–Kier alpha value is -1.75. The van der Waals surface area contributed by atoms with Crippen LogP contribution in [0.4, 0.5) is 4.79 Å². The first-order valence-corrected chi connectivity index (χ1v) is 8.71. The Morgan fingerprint density at radius 1 is 1.38 bits per heavy atom. The van der Waals surface area contributed by atoms with Crippen molar-refractivity contribution in [3.63, 3.8) is 0 Å². The van der Waals surface area contributed by atoms with Gasteiger partial charge in [0.15, 0.2) is 0 Å². The second kappa shape index (κ2) is 6.28. The monoisotopic (exact) mass is 333 g/mol. The van der Waals surface area contributed by atoms with Crippen LogP contribution in [-0.4, -0.2) is 40.4 Å². The van der Waals surface area contributed by atoms with Gasteiger partial charge in [-0.25, -0.2) is 4.79 Å². The van der Waals surface area contributed by atoms with Crippen molar-refractivity contribution in [2.45, 2.75) is 63.8 Å². The molecule has 3 rings (SSSR count). The zero-order chi connectivity index (χ0) is 17.4. The van der Waals surface area contributed by atoms with Crippen molar-refractivity contribution in [1.29, 1.82) is 0 Å². The quantitative estimate of drug-likeness (QED) is 0.843. The Balaban J connectivity index is 1.67. The first-order valence-electron chi connectivity index (χ1n) is 8.71. The molecule has 0 bridgehead atoms. The SMILES string of the molecule is CC(C)(C)OC(=O)N1CCCC2(CCC(c3cccc(O)c3)O2)C1. The van der Waals surface area contributed by atoms with Crippen LogP contribution in [0, 0.1) is 0 Å². The average molecular weight is 333 g/mol. The number of ether oxygens (including phenoxy) is 2. The van der Waals surface area contributed by atoms with Crippen LogP contribution >= 0.6 is 0 Å². The molecule has 0 aliphatic carbocycles. The maximum Gasteiger partial charge on any atom is 0.410 e. The molecule has 5 heteroatoms. The fourth-order valence-corrected chi connectivity index (χ4v) is 3.65. The molecule has 2 atom stereocenters. The van der Waals surface area contributed by atoms with Gasteiger partial charge in [-0.15, -0.1) is 0 Å². The highest BCUT2D eigenvalue weighted by Gasteiger charge is 2.45. The number of phenols is 1. The van der Waals surface area contributed by atoms with Crippen molar-refractivity contribution < 1.29 is 19.4 Å². The number of aromatic hydroxyl groups is 1. The van der Waals surface area contributed by atoms with Gasteiger partial charge in [0.1, 0.15) is 11.4 Å². The molecule has 1 aromatic rings. The van der Waals surface area contributed by atoms with E-state index in [2.05, 4.69) is 0 Å². The van der Waals surface area contributed by atoms with Gasteiger partial charge in [-0.05, 0) is 64.2 Å². The Morgan fingerprint density at radius 2 is 2.17 bits per heavy atom. The molecular formula is C19H27NO4. The summed E-state index contributed by atoms with van der Waals surface area (Å²) in [5.74, 6) is 0.260. The maximum absolute atomic E-state index is 12.4. The predicted molar refractivity (Wildman–Crippen MR) is 90.9 cm³/mol. The summed E-state index contributed by atoms with van der Waals surface area (Å²) in [6, 6.07) is 7.25. The predicted octanol–water partition coefficient (Wildman–Crippen LogP) is 4.01. The molecule has 1 aromatic carbocycles. The van der Waals surface area contributed by atoms with E-state index < -0.39 is 5.60 Å². The molecule has 2 saturated heterocycles. The van der Waals surface area contributed by atoms with E-state index in [-0.39, 0.29) is 23.5 Å². The minimum absolute atomic E-state index is 0.0179. The summed E-state index contributed by atoms with van der Waals surface area (Å²) in [7, 11) is 0. The molecule has 2 aliphatic heterocycles. The van der Waals surface area contributed by atoms with Crippen LogP contribution in [0.1, 0.15) is 58.1 Å². The highest BCUT2D eigenvalue weighted by molar-refractivity contribution is 5.68. The van der Waals surface area contributed by atoms with Crippen molar-refractivity contribution in [2.75, 3.05) is 13.1 Å². The van der Waals surface area contributed by atoms with E-state index in [1.54, 1.807) is 17.0 Å². The normalized spacial score (nSPS) is 27.5. The summed E-state index contributed by atoms with van der Waals surface area (Å²) in [4.78, 5) is 14.1. The number of likely N-dealkylation sites (tertiary alicyclic amines) is 1. The molecule has 2 unspecified atom stereocenters. The van der Waals surface area contributed by atoms with Gasteiger partial charge in [-0.2, -0.15) is 0 Å². The summed E-state index contributed by atoms with van der Waals surface area (Å²) in [6.45, 7) is 6.95. The van der Waals surface area contributed by atoms with Crippen LogP contribution < -0.4 is 0 Å². The third-order valence-electron chi connectivity index (χ3n) is 4.69. The lowest BCUT2D eigenvalue weighted by molar-refractivity contribution is -0.0858. The molecule has 1 spiro atoms. The first-order chi connectivity index (χ1) is 11.3. The van der Waals surface area contributed by atoms with Gasteiger partial charge in [-0.1, -0.05) is 12.1 Å². The minimum Gasteiger partial charge on any atom is -0.508 e. The fraction of sp³-hybridized carbons (Fsp3) is 0.632.